The maximum absolute atomic E-state index is 14.2. The predicted octanol–water partition coefficient (Wildman–Crippen LogP) is 3.90. The Labute approximate surface area is 138 Å². The predicted molar refractivity (Wildman–Crippen MR) is 86.1 cm³/mol. The number of rotatable bonds is 3. The molecule has 1 aromatic heterocycles. The number of benzene rings is 1. The molecule has 2 aromatic rings. The first-order valence-corrected chi connectivity index (χ1v) is 7.79. The van der Waals surface area contributed by atoms with E-state index < -0.39 is 6.17 Å². The molecule has 1 heterocycles. The van der Waals surface area contributed by atoms with Gasteiger partial charge >= 0.3 is 0 Å². The minimum atomic E-state index is -1.07. The molecule has 0 radical (unpaired) electrons. The number of allylic oxidation sites excluding steroid dienone is 1. The lowest BCUT2D eigenvalue weighted by atomic mass is 9.91. The zero-order valence-electron chi connectivity index (χ0n) is 11.8. The summed E-state index contributed by atoms with van der Waals surface area (Å²) in [6, 6.07) is 5.28. The zero-order chi connectivity index (χ0) is 15.7. The van der Waals surface area contributed by atoms with Gasteiger partial charge in [0.2, 0.25) is 0 Å². The number of aliphatic hydroxyl groups excluding tert-OH is 1. The molecule has 1 aliphatic carbocycles. The highest BCUT2D eigenvalue weighted by Crippen LogP contribution is 2.33. The number of halogens is 3. The van der Waals surface area contributed by atoms with E-state index in [0.717, 1.165) is 16.8 Å². The Morgan fingerprint density at radius 1 is 1.41 bits per heavy atom. The van der Waals surface area contributed by atoms with E-state index in [1.165, 1.54) is 6.08 Å². The minimum absolute atomic E-state index is 0.192. The van der Waals surface area contributed by atoms with Crippen LogP contribution in [0, 0.1) is 0 Å². The molecule has 0 spiro atoms. The Kier molecular flexibility index (Phi) is 4.52. The summed E-state index contributed by atoms with van der Waals surface area (Å²) in [4.78, 5) is 0. The average Bonchev–Trinajstić information content (AvgIpc) is 2.88. The maximum Gasteiger partial charge on any atom is 0.127 e. The van der Waals surface area contributed by atoms with Crippen LogP contribution in [0.3, 0.4) is 0 Å². The SMILES string of the molecule is OCC=C1c2c(cnn2Cc2ccc(Cl)cc2Cl)CCC1F. The normalized spacial score (nSPS) is 19.5. The van der Waals surface area contributed by atoms with Crippen molar-refractivity contribution in [3.05, 3.63) is 57.3 Å². The first-order chi connectivity index (χ1) is 10.6. The molecule has 1 N–H and O–H groups in total. The number of hydrogen-bond acceptors (Lipinski definition) is 2. The number of aromatic nitrogens is 2. The molecule has 0 saturated carbocycles. The van der Waals surface area contributed by atoms with E-state index in [2.05, 4.69) is 5.10 Å². The van der Waals surface area contributed by atoms with Gasteiger partial charge in [0, 0.05) is 15.6 Å². The number of hydrogen-bond donors (Lipinski definition) is 1. The molecule has 0 saturated heterocycles. The average molecular weight is 341 g/mol. The van der Waals surface area contributed by atoms with Gasteiger partial charge in [0.1, 0.15) is 6.17 Å². The van der Waals surface area contributed by atoms with Crippen LogP contribution in [0.5, 0.6) is 0 Å². The molecule has 1 unspecified atom stereocenters. The zero-order valence-corrected chi connectivity index (χ0v) is 13.3. The second kappa shape index (κ2) is 6.41. The largest absolute Gasteiger partial charge is 0.392 e. The Morgan fingerprint density at radius 2 is 2.23 bits per heavy atom. The Balaban J connectivity index is 2.00. The van der Waals surface area contributed by atoms with E-state index in [4.69, 9.17) is 28.3 Å². The molecule has 0 amide bonds. The number of alkyl halides is 1. The molecule has 1 atom stereocenters. The molecule has 0 aliphatic heterocycles. The first kappa shape index (κ1) is 15.5. The number of nitrogens with zero attached hydrogens (tertiary/aromatic N) is 2. The van der Waals surface area contributed by atoms with Gasteiger partial charge in [0.05, 0.1) is 25.0 Å². The maximum atomic E-state index is 14.2. The van der Waals surface area contributed by atoms with Crippen molar-refractivity contribution < 1.29 is 9.50 Å². The third kappa shape index (κ3) is 2.91. The van der Waals surface area contributed by atoms with Gasteiger partial charge in [-0.25, -0.2) is 4.39 Å². The molecule has 6 heteroatoms. The second-order valence-corrected chi connectivity index (χ2v) is 6.10. The van der Waals surface area contributed by atoms with E-state index in [-0.39, 0.29) is 6.61 Å². The van der Waals surface area contributed by atoms with Crippen molar-refractivity contribution in [2.75, 3.05) is 6.61 Å². The van der Waals surface area contributed by atoms with E-state index in [1.54, 1.807) is 23.0 Å². The standard InChI is InChI=1S/C16H15Cl2FN2O/c17-12-3-1-11(14(18)7-12)9-21-16-10(8-20-21)2-4-15(19)13(16)5-6-22/h1,3,5,7-8,15,22H,2,4,6,9H2. The summed E-state index contributed by atoms with van der Waals surface area (Å²) in [7, 11) is 0. The lowest BCUT2D eigenvalue weighted by Gasteiger charge is -2.21. The van der Waals surface area contributed by atoms with Crippen molar-refractivity contribution in [2.24, 2.45) is 0 Å². The molecule has 3 rings (SSSR count). The Bertz CT molecular complexity index is 727. The van der Waals surface area contributed by atoms with E-state index >= 15 is 0 Å². The van der Waals surface area contributed by atoms with Crippen molar-refractivity contribution >= 4 is 28.8 Å². The van der Waals surface area contributed by atoms with Gasteiger partial charge in [0.25, 0.3) is 0 Å². The van der Waals surface area contributed by atoms with Crippen LogP contribution in [-0.2, 0) is 13.0 Å². The summed E-state index contributed by atoms with van der Waals surface area (Å²) in [6.07, 6.45) is 3.27. The summed E-state index contributed by atoms with van der Waals surface area (Å²) in [5.74, 6) is 0. The van der Waals surface area contributed by atoms with Gasteiger partial charge in [-0.15, -0.1) is 0 Å². The summed E-state index contributed by atoms with van der Waals surface area (Å²) < 4.78 is 15.9. The van der Waals surface area contributed by atoms with E-state index in [0.29, 0.717) is 35.0 Å². The van der Waals surface area contributed by atoms with Gasteiger partial charge in [-0.3, -0.25) is 4.68 Å². The summed E-state index contributed by atoms with van der Waals surface area (Å²) >= 11 is 12.1. The molecule has 116 valence electrons. The number of fused-ring (bicyclic) bond motifs is 1. The lowest BCUT2D eigenvalue weighted by molar-refractivity contribution is 0.337. The molecule has 3 nitrogen and oxygen atoms in total. The first-order valence-electron chi connectivity index (χ1n) is 7.04. The van der Waals surface area contributed by atoms with Crippen LogP contribution in [-0.4, -0.2) is 27.7 Å². The van der Waals surface area contributed by atoms with Gasteiger partial charge in [-0.05, 0) is 36.1 Å². The lowest BCUT2D eigenvalue weighted by Crippen LogP contribution is -2.18. The van der Waals surface area contributed by atoms with Gasteiger partial charge in [-0.1, -0.05) is 35.3 Å². The summed E-state index contributed by atoms with van der Waals surface area (Å²) in [5.41, 5.74) is 3.12. The summed E-state index contributed by atoms with van der Waals surface area (Å²) in [6.45, 7) is 0.239. The highest BCUT2D eigenvalue weighted by atomic mass is 35.5. The Hall–Kier alpha value is -1.36. The van der Waals surface area contributed by atoms with Gasteiger partial charge < -0.3 is 5.11 Å². The van der Waals surface area contributed by atoms with Crippen molar-refractivity contribution in [3.8, 4) is 0 Å². The molecule has 22 heavy (non-hydrogen) atoms. The van der Waals surface area contributed by atoms with E-state index in [1.807, 2.05) is 6.07 Å². The van der Waals surface area contributed by atoms with Crippen molar-refractivity contribution in [1.82, 2.24) is 9.78 Å². The molecule has 0 bridgehead atoms. The van der Waals surface area contributed by atoms with Crippen LogP contribution in [0.2, 0.25) is 10.0 Å². The molecular formula is C16H15Cl2FN2O. The molecule has 1 aromatic carbocycles. The van der Waals surface area contributed by atoms with Crippen molar-refractivity contribution in [2.45, 2.75) is 25.6 Å². The fourth-order valence-corrected chi connectivity index (χ4v) is 3.25. The minimum Gasteiger partial charge on any atom is -0.392 e. The molecule has 1 aliphatic rings. The van der Waals surface area contributed by atoms with Gasteiger partial charge in [0.15, 0.2) is 0 Å². The van der Waals surface area contributed by atoms with Gasteiger partial charge in [-0.2, -0.15) is 5.10 Å². The molecule has 0 fully saturated rings. The second-order valence-electron chi connectivity index (χ2n) is 5.26. The molecular weight excluding hydrogens is 326 g/mol. The van der Waals surface area contributed by atoms with Crippen molar-refractivity contribution in [1.29, 1.82) is 0 Å². The number of aliphatic hydroxyl groups is 1. The fraction of sp³-hybridized carbons (Fsp3) is 0.312. The Morgan fingerprint density at radius 3 is 2.95 bits per heavy atom. The van der Waals surface area contributed by atoms with Crippen LogP contribution in [0.15, 0.2) is 30.5 Å². The van der Waals surface area contributed by atoms with Crippen LogP contribution in [0.4, 0.5) is 4.39 Å². The highest BCUT2D eigenvalue weighted by molar-refractivity contribution is 6.35. The third-order valence-electron chi connectivity index (χ3n) is 3.84. The fourth-order valence-electron chi connectivity index (χ4n) is 2.78. The number of aryl methyl sites for hydroxylation is 1. The monoisotopic (exact) mass is 340 g/mol. The smallest absolute Gasteiger partial charge is 0.127 e. The van der Waals surface area contributed by atoms with Crippen molar-refractivity contribution in [3.63, 3.8) is 0 Å². The topological polar surface area (TPSA) is 38.1 Å². The highest BCUT2D eigenvalue weighted by Gasteiger charge is 2.27. The quantitative estimate of drug-likeness (QED) is 0.920. The van der Waals surface area contributed by atoms with Crippen LogP contribution in [0.25, 0.3) is 5.57 Å². The third-order valence-corrected chi connectivity index (χ3v) is 4.43. The van der Waals surface area contributed by atoms with Crippen LogP contribution in [0.1, 0.15) is 23.2 Å². The summed E-state index contributed by atoms with van der Waals surface area (Å²) in [5, 5.41) is 14.6. The van der Waals surface area contributed by atoms with E-state index in [9.17, 15) is 4.39 Å². The van der Waals surface area contributed by atoms with Crippen LogP contribution >= 0.6 is 23.2 Å². The van der Waals surface area contributed by atoms with Crippen LogP contribution < -0.4 is 0 Å².